The molecule has 0 heterocycles. The largest absolute Gasteiger partial charge is 0.314 e. The van der Waals surface area contributed by atoms with Crippen molar-refractivity contribution in [1.29, 1.82) is 0 Å². The Kier molecular flexibility index (Phi) is 6.55. The summed E-state index contributed by atoms with van der Waals surface area (Å²) >= 11 is 0. The Balaban J connectivity index is 1.70. The van der Waals surface area contributed by atoms with Gasteiger partial charge in [0, 0.05) is 12.1 Å². The lowest BCUT2D eigenvalue weighted by Gasteiger charge is -2.39. The molecule has 124 valence electrons. The van der Waals surface area contributed by atoms with Crippen LogP contribution in [0.1, 0.15) is 78.6 Å². The summed E-state index contributed by atoms with van der Waals surface area (Å²) in [5.41, 5.74) is 0.595. The molecule has 2 saturated carbocycles. The summed E-state index contributed by atoms with van der Waals surface area (Å²) in [6, 6.07) is 1.66. The van der Waals surface area contributed by atoms with Gasteiger partial charge >= 0.3 is 0 Å². The van der Waals surface area contributed by atoms with Gasteiger partial charge in [-0.1, -0.05) is 27.2 Å². The molecule has 0 bridgehead atoms. The Morgan fingerprint density at radius 1 is 1.10 bits per heavy atom. The summed E-state index contributed by atoms with van der Waals surface area (Å²) in [6.45, 7) is 9.65. The van der Waals surface area contributed by atoms with Gasteiger partial charge in [-0.25, -0.2) is 0 Å². The molecule has 1 N–H and O–H groups in total. The second-order valence-electron chi connectivity index (χ2n) is 8.42. The molecule has 0 spiro atoms. The van der Waals surface area contributed by atoms with Crippen molar-refractivity contribution in [3.05, 3.63) is 0 Å². The highest BCUT2D eigenvalue weighted by molar-refractivity contribution is 4.86. The summed E-state index contributed by atoms with van der Waals surface area (Å²) in [4.78, 5) is 2.67. The van der Waals surface area contributed by atoms with Gasteiger partial charge in [-0.2, -0.15) is 0 Å². The molecule has 2 aliphatic rings. The van der Waals surface area contributed by atoms with Crippen LogP contribution in [0.3, 0.4) is 0 Å². The molecule has 2 rings (SSSR count). The molecule has 0 aliphatic heterocycles. The van der Waals surface area contributed by atoms with Gasteiger partial charge in [0.2, 0.25) is 0 Å². The highest BCUT2D eigenvalue weighted by Gasteiger charge is 2.30. The maximum atomic E-state index is 3.78. The van der Waals surface area contributed by atoms with Crippen LogP contribution in [0.4, 0.5) is 0 Å². The summed E-state index contributed by atoms with van der Waals surface area (Å²) in [5.74, 6) is 0.930. The lowest BCUT2D eigenvalue weighted by atomic mass is 9.75. The highest BCUT2D eigenvalue weighted by Crippen LogP contribution is 2.37. The van der Waals surface area contributed by atoms with Gasteiger partial charge in [-0.15, -0.1) is 0 Å². The fourth-order valence-electron chi connectivity index (χ4n) is 4.36. The lowest BCUT2D eigenvalue weighted by molar-refractivity contribution is 0.121. The van der Waals surface area contributed by atoms with Crippen LogP contribution in [0.25, 0.3) is 0 Å². The summed E-state index contributed by atoms with van der Waals surface area (Å²) < 4.78 is 0. The van der Waals surface area contributed by atoms with E-state index in [-0.39, 0.29) is 0 Å². The molecule has 2 nitrogen and oxygen atoms in total. The molecule has 2 fully saturated rings. The first kappa shape index (κ1) is 17.3. The highest BCUT2D eigenvalue weighted by atomic mass is 15.1. The van der Waals surface area contributed by atoms with E-state index in [0.717, 1.165) is 18.0 Å². The van der Waals surface area contributed by atoms with Gasteiger partial charge in [-0.05, 0) is 82.8 Å². The first-order valence-electron chi connectivity index (χ1n) is 9.45. The molecule has 0 radical (unpaired) electrons. The maximum Gasteiger partial charge on any atom is 0.00958 e. The molecule has 21 heavy (non-hydrogen) atoms. The van der Waals surface area contributed by atoms with E-state index in [1.54, 1.807) is 0 Å². The second-order valence-corrected chi connectivity index (χ2v) is 8.42. The van der Waals surface area contributed by atoms with Crippen LogP contribution in [0, 0.1) is 11.3 Å². The lowest BCUT2D eigenvalue weighted by Crippen LogP contribution is -2.39. The minimum atomic E-state index is 0.595. The Bertz CT molecular complexity index is 290. The molecular weight excluding hydrogens is 256 g/mol. The SMILES string of the molecule is CCCNC1CCCC1CCN(C)C1CCC(C)(C)CC1. The van der Waals surface area contributed by atoms with E-state index in [2.05, 4.69) is 38.0 Å². The predicted octanol–water partition coefficient (Wildman–Crippen LogP) is 4.45. The van der Waals surface area contributed by atoms with Gasteiger partial charge in [0.25, 0.3) is 0 Å². The Labute approximate surface area is 133 Å². The molecule has 0 saturated heterocycles. The molecule has 2 heteroatoms. The van der Waals surface area contributed by atoms with Crippen LogP contribution in [0.2, 0.25) is 0 Å². The molecule has 0 aromatic heterocycles. The Morgan fingerprint density at radius 3 is 2.48 bits per heavy atom. The minimum Gasteiger partial charge on any atom is -0.314 e. The molecule has 2 aliphatic carbocycles. The fraction of sp³-hybridized carbons (Fsp3) is 1.00. The predicted molar refractivity (Wildman–Crippen MR) is 92.7 cm³/mol. The molecular formula is C19H38N2. The van der Waals surface area contributed by atoms with Crippen molar-refractivity contribution in [2.24, 2.45) is 11.3 Å². The number of nitrogens with zero attached hydrogens (tertiary/aromatic N) is 1. The number of nitrogens with one attached hydrogen (secondary N) is 1. The van der Waals surface area contributed by atoms with Gasteiger partial charge in [0.05, 0.1) is 0 Å². The van der Waals surface area contributed by atoms with Crippen molar-refractivity contribution in [1.82, 2.24) is 10.2 Å². The van der Waals surface area contributed by atoms with E-state index in [4.69, 9.17) is 0 Å². The summed E-state index contributed by atoms with van der Waals surface area (Å²) in [5, 5.41) is 3.78. The first-order chi connectivity index (χ1) is 10.0. The van der Waals surface area contributed by atoms with Crippen LogP contribution < -0.4 is 5.32 Å². The van der Waals surface area contributed by atoms with Crippen LogP contribution in [0.15, 0.2) is 0 Å². The van der Waals surface area contributed by atoms with Gasteiger partial charge in [-0.3, -0.25) is 0 Å². The average Bonchev–Trinajstić information content (AvgIpc) is 2.90. The van der Waals surface area contributed by atoms with Gasteiger partial charge < -0.3 is 10.2 Å². The topological polar surface area (TPSA) is 15.3 Å². The van der Waals surface area contributed by atoms with Crippen molar-refractivity contribution in [3.8, 4) is 0 Å². The van der Waals surface area contributed by atoms with E-state index in [1.165, 1.54) is 70.9 Å². The standard InChI is InChI=1S/C19H38N2/c1-5-14-20-18-8-6-7-16(18)11-15-21(4)17-9-12-19(2,3)13-10-17/h16-18,20H,5-15H2,1-4H3. The Hall–Kier alpha value is -0.0800. The molecule has 0 aromatic rings. The monoisotopic (exact) mass is 294 g/mol. The quantitative estimate of drug-likeness (QED) is 0.746. The smallest absolute Gasteiger partial charge is 0.00958 e. The summed E-state index contributed by atoms with van der Waals surface area (Å²) in [6.07, 6.45) is 12.6. The van der Waals surface area contributed by atoms with Crippen LogP contribution in [-0.4, -0.2) is 37.1 Å². The van der Waals surface area contributed by atoms with Crippen LogP contribution >= 0.6 is 0 Å². The zero-order valence-electron chi connectivity index (χ0n) is 15.0. The van der Waals surface area contributed by atoms with E-state index < -0.39 is 0 Å². The van der Waals surface area contributed by atoms with Crippen molar-refractivity contribution in [3.63, 3.8) is 0 Å². The van der Waals surface area contributed by atoms with Crippen molar-refractivity contribution >= 4 is 0 Å². The van der Waals surface area contributed by atoms with Crippen molar-refractivity contribution in [2.75, 3.05) is 20.1 Å². The van der Waals surface area contributed by atoms with Crippen LogP contribution in [0.5, 0.6) is 0 Å². The maximum absolute atomic E-state index is 3.78. The molecule has 0 amide bonds. The number of hydrogen-bond donors (Lipinski definition) is 1. The third-order valence-corrected chi connectivity index (χ3v) is 6.10. The Morgan fingerprint density at radius 2 is 1.81 bits per heavy atom. The average molecular weight is 295 g/mol. The molecule has 2 atom stereocenters. The second kappa shape index (κ2) is 7.97. The zero-order chi connectivity index (χ0) is 15.3. The minimum absolute atomic E-state index is 0.595. The van der Waals surface area contributed by atoms with E-state index >= 15 is 0 Å². The van der Waals surface area contributed by atoms with Gasteiger partial charge in [0.1, 0.15) is 0 Å². The number of hydrogen-bond acceptors (Lipinski definition) is 2. The van der Waals surface area contributed by atoms with E-state index in [0.29, 0.717) is 5.41 Å². The van der Waals surface area contributed by atoms with Crippen LogP contribution in [-0.2, 0) is 0 Å². The summed E-state index contributed by atoms with van der Waals surface area (Å²) in [7, 11) is 2.37. The normalized spacial score (nSPS) is 30.1. The van der Waals surface area contributed by atoms with E-state index in [1.807, 2.05) is 0 Å². The third-order valence-electron chi connectivity index (χ3n) is 6.10. The van der Waals surface area contributed by atoms with E-state index in [9.17, 15) is 0 Å². The fourth-order valence-corrected chi connectivity index (χ4v) is 4.36. The molecule has 0 aromatic carbocycles. The third kappa shape index (κ3) is 5.25. The van der Waals surface area contributed by atoms with Gasteiger partial charge in [0.15, 0.2) is 0 Å². The zero-order valence-corrected chi connectivity index (χ0v) is 15.0. The molecule has 2 unspecified atom stereocenters. The first-order valence-corrected chi connectivity index (χ1v) is 9.45. The van der Waals surface area contributed by atoms with Crippen molar-refractivity contribution in [2.45, 2.75) is 90.6 Å². The van der Waals surface area contributed by atoms with Crippen molar-refractivity contribution < 1.29 is 0 Å². The number of rotatable bonds is 7.